The molecule has 0 spiro atoms. The van der Waals surface area contributed by atoms with E-state index in [1.807, 2.05) is 63.2 Å². The van der Waals surface area contributed by atoms with Crippen molar-refractivity contribution in [3.05, 3.63) is 59.7 Å². The highest BCUT2D eigenvalue weighted by Gasteiger charge is 2.20. The fourth-order valence-electron chi connectivity index (χ4n) is 2.26. The van der Waals surface area contributed by atoms with E-state index in [1.54, 1.807) is 6.07 Å². The van der Waals surface area contributed by atoms with Gasteiger partial charge in [0.2, 0.25) is 5.78 Å². The summed E-state index contributed by atoms with van der Waals surface area (Å²) in [4.78, 5) is 24.4. The summed E-state index contributed by atoms with van der Waals surface area (Å²) in [7, 11) is 0. The summed E-state index contributed by atoms with van der Waals surface area (Å²) >= 11 is 7.04. The largest absolute Gasteiger partial charge is 0.456 e. The van der Waals surface area contributed by atoms with E-state index in [2.05, 4.69) is 61.7 Å². The van der Waals surface area contributed by atoms with E-state index in [-0.39, 0.29) is 11.8 Å². The van der Waals surface area contributed by atoms with Gasteiger partial charge in [0.15, 0.2) is 0 Å². The lowest BCUT2D eigenvalue weighted by molar-refractivity contribution is -0.111. The first-order valence-corrected chi connectivity index (χ1v) is 11.8. The van der Waals surface area contributed by atoms with Crippen LogP contribution in [-0.4, -0.2) is 23.9 Å². The van der Waals surface area contributed by atoms with E-state index in [0.29, 0.717) is 5.56 Å². The van der Waals surface area contributed by atoms with Crippen molar-refractivity contribution in [1.82, 2.24) is 0 Å². The molecular weight excluding hydrogens is 532 g/mol. The van der Waals surface area contributed by atoms with Crippen molar-refractivity contribution in [2.75, 3.05) is 6.54 Å². The third-order valence-electron chi connectivity index (χ3n) is 3.69. The summed E-state index contributed by atoms with van der Waals surface area (Å²) in [6, 6.07) is 15.0. The molecule has 35 heavy (non-hydrogen) atoms. The number of nitrogens with two attached hydrogens (primary N) is 2. The highest BCUT2D eigenvalue weighted by atomic mass is 79.9. The number of carbonyl (C=O) groups is 2. The summed E-state index contributed by atoms with van der Waals surface area (Å²) in [5.74, 6) is 8.49. The second-order valence-electron chi connectivity index (χ2n) is 7.78. The fraction of sp³-hybridized carbons (Fsp3) is 0.333. The van der Waals surface area contributed by atoms with Crippen LogP contribution >= 0.6 is 27.8 Å². The first-order valence-electron chi connectivity index (χ1n) is 10.7. The maximum atomic E-state index is 12.3. The van der Waals surface area contributed by atoms with Gasteiger partial charge in [-0.25, -0.2) is 4.79 Å². The van der Waals surface area contributed by atoms with Gasteiger partial charge in [0.05, 0.1) is 17.4 Å². The van der Waals surface area contributed by atoms with E-state index in [4.69, 9.17) is 16.9 Å². The predicted molar refractivity (Wildman–Crippen MR) is 147 cm³/mol. The molecule has 0 bridgehead atoms. The van der Waals surface area contributed by atoms with Gasteiger partial charge in [-0.05, 0) is 73.8 Å². The third kappa shape index (κ3) is 18.4. The molecule has 6 nitrogen and oxygen atoms in total. The molecule has 0 aromatic heterocycles. The molecule has 0 aliphatic heterocycles. The number of ketones is 1. The Morgan fingerprint density at radius 1 is 1.11 bits per heavy atom. The Labute approximate surface area is 223 Å². The number of carbonyl (C=O) groups excluding carboxylic acids is 2. The van der Waals surface area contributed by atoms with Crippen LogP contribution in [0.25, 0.3) is 11.1 Å². The molecule has 190 valence electrons. The van der Waals surface area contributed by atoms with Crippen molar-refractivity contribution in [2.24, 2.45) is 11.6 Å². The normalized spacial score (nSPS) is 9.14. The molecule has 8 heteroatoms. The van der Waals surface area contributed by atoms with Gasteiger partial charge in [0, 0.05) is 28.4 Å². The van der Waals surface area contributed by atoms with Crippen LogP contribution in [0.15, 0.2) is 48.5 Å². The number of Topliss-reactive ketones (excluding diaryl/α,β-unsaturated/α-hetero) is 1. The van der Waals surface area contributed by atoms with Gasteiger partial charge >= 0.3 is 5.97 Å². The number of benzene rings is 2. The highest BCUT2D eigenvalue weighted by molar-refractivity contribution is 9.12. The average molecular weight is 566 g/mol. The molecule has 4 N–H and O–H groups in total. The zero-order valence-electron chi connectivity index (χ0n) is 20.9. The number of terminal acetylenes is 1. The molecule has 2 aromatic rings. The van der Waals surface area contributed by atoms with Crippen LogP contribution in [-0.2, 0) is 13.9 Å². The maximum Gasteiger partial charge on any atom is 0.339 e. The molecule has 0 aliphatic carbocycles. The molecule has 2 aromatic carbocycles. The number of ether oxygens (including phenoxy) is 1. The van der Waals surface area contributed by atoms with Gasteiger partial charge in [-0.3, -0.25) is 4.79 Å². The number of rotatable bonds is 4. The van der Waals surface area contributed by atoms with E-state index in [0.717, 1.165) is 23.2 Å². The minimum atomic E-state index is -0.516. The summed E-state index contributed by atoms with van der Waals surface area (Å²) in [6.45, 7) is 9.96. The first-order chi connectivity index (χ1) is 16.5. The van der Waals surface area contributed by atoms with Crippen LogP contribution in [0, 0.1) is 23.1 Å². The molecule has 2 rings (SSSR count). The topological polar surface area (TPSA) is 105 Å². The number of halogens is 2. The highest BCUT2D eigenvalue weighted by Crippen LogP contribution is 2.26. The van der Waals surface area contributed by atoms with Crippen molar-refractivity contribution in [1.29, 1.82) is 0 Å². The van der Waals surface area contributed by atoms with Crippen LogP contribution in [0.1, 0.15) is 63.4 Å². The molecule has 0 saturated heterocycles. The Hall–Kier alpha value is -2.65. The molecule has 0 radical (unpaired) electrons. The minimum Gasteiger partial charge on any atom is -0.456 e. The minimum absolute atomic E-state index is 0.119. The SMILES string of the molecule is C#Cc1ccc(-c2ccccc2C(=O)OC(C)(C)C)cc1.CC(=O)C#CBr.CCCCN.NOCl. The first kappa shape index (κ1) is 34.5. The second kappa shape index (κ2) is 20.7. The van der Waals surface area contributed by atoms with Crippen molar-refractivity contribution in [3.63, 3.8) is 0 Å². The molecule has 0 heterocycles. The van der Waals surface area contributed by atoms with Crippen molar-refractivity contribution in [3.8, 4) is 34.2 Å². The number of unbranched alkanes of at least 4 members (excludes halogenated alkanes) is 1. The Kier molecular flexibility index (Phi) is 20.4. The molecular formula is C27H34BrClN2O4. The zero-order valence-corrected chi connectivity index (χ0v) is 23.2. The molecule has 0 amide bonds. The van der Waals surface area contributed by atoms with Crippen LogP contribution < -0.4 is 11.6 Å². The van der Waals surface area contributed by atoms with Crippen molar-refractivity contribution < 1.29 is 18.7 Å². The molecule has 0 fully saturated rings. The maximum absolute atomic E-state index is 12.3. The quantitative estimate of drug-likeness (QED) is 0.268. The summed E-state index contributed by atoms with van der Waals surface area (Å²) < 4.78 is 8.68. The number of hydrogen-bond donors (Lipinski definition) is 2. The molecule has 0 atom stereocenters. The Morgan fingerprint density at radius 2 is 1.66 bits per heavy atom. The summed E-state index contributed by atoms with van der Waals surface area (Å²) in [6.07, 6.45) is 7.75. The monoisotopic (exact) mass is 564 g/mol. The van der Waals surface area contributed by atoms with Gasteiger partial charge in [0.25, 0.3) is 0 Å². The van der Waals surface area contributed by atoms with Crippen molar-refractivity contribution >= 4 is 39.5 Å². The number of hydrogen-bond acceptors (Lipinski definition) is 6. The standard InChI is InChI=1S/C19H18O2.C4H3BrO.C4H11N.ClH2NO/c1-5-14-10-12-15(13-11-14)16-8-6-7-9-17(16)18(20)21-19(2,3)4;1-4(6)2-3-5;1-2-3-4-5;1-3-2/h1,6-13H,2-4H3;1H3;2-5H2,1H3;2H2. The Bertz CT molecular complexity index is 983. The predicted octanol–water partition coefficient (Wildman–Crippen LogP) is 6.00. The van der Waals surface area contributed by atoms with Gasteiger partial charge in [0.1, 0.15) is 5.60 Å². The lowest BCUT2D eigenvalue weighted by Crippen LogP contribution is -2.24. The van der Waals surface area contributed by atoms with E-state index in [9.17, 15) is 9.59 Å². The average Bonchev–Trinajstić information content (AvgIpc) is 2.80. The van der Waals surface area contributed by atoms with Crippen LogP contribution in [0.4, 0.5) is 0 Å². The van der Waals surface area contributed by atoms with E-state index in [1.165, 1.54) is 19.8 Å². The smallest absolute Gasteiger partial charge is 0.339 e. The number of esters is 1. The van der Waals surface area contributed by atoms with E-state index < -0.39 is 5.60 Å². The van der Waals surface area contributed by atoms with Gasteiger partial charge in [-0.2, -0.15) is 10.3 Å². The van der Waals surface area contributed by atoms with Gasteiger partial charge < -0.3 is 10.5 Å². The van der Waals surface area contributed by atoms with Gasteiger partial charge in [-0.1, -0.05) is 49.6 Å². The fourth-order valence-corrected chi connectivity index (χ4v) is 2.54. The van der Waals surface area contributed by atoms with Crippen LogP contribution in [0.2, 0.25) is 0 Å². The Morgan fingerprint density at radius 3 is 2.00 bits per heavy atom. The van der Waals surface area contributed by atoms with Gasteiger partial charge in [-0.15, -0.1) is 6.42 Å². The zero-order chi connectivity index (χ0) is 27.3. The lowest BCUT2D eigenvalue weighted by Gasteiger charge is -2.20. The third-order valence-corrected chi connectivity index (χ3v) is 3.89. The van der Waals surface area contributed by atoms with Crippen LogP contribution in [0.5, 0.6) is 0 Å². The second-order valence-corrected chi connectivity index (χ2v) is 8.35. The Balaban J connectivity index is 0. The molecule has 0 unspecified atom stereocenters. The summed E-state index contributed by atoms with van der Waals surface area (Å²) in [5.41, 5.74) is 7.78. The summed E-state index contributed by atoms with van der Waals surface area (Å²) in [5, 5.41) is 0. The lowest BCUT2D eigenvalue weighted by atomic mass is 9.98. The van der Waals surface area contributed by atoms with Crippen LogP contribution in [0.3, 0.4) is 0 Å². The molecule has 0 saturated carbocycles. The molecule has 0 aliphatic rings. The van der Waals surface area contributed by atoms with E-state index >= 15 is 0 Å². The van der Waals surface area contributed by atoms with Crippen molar-refractivity contribution in [2.45, 2.75) is 53.1 Å².